The van der Waals surface area contributed by atoms with Crippen LogP contribution in [0, 0.1) is 6.92 Å². The zero-order chi connectivity index (χ0) is 16.4. The van der Waals surface area contributed by atoms with Gasteiger partial charge in [0.25, 0.3) is 0 Å². The van der Waals surface area contributed by atoms with Gasteiger partial charge >= 0.3 is 0 Å². The first-order chi connectivity index (χ1) is 11.8. The van der Waals surface area contributed by atoms with E-state index in [2.05, 4.69) is 25.2 Å². The van der Waals surface area contributed by atoms with Crippen molar-refractivity contribution >= 4 is 0 Å². The maximum atomic E-state index is 5.05. The van der Waals surface area contributed by atoms with E-state index in [4.69, 9.17) is 9.51 Å². The Bertz CT molecular complexity index is 796. The fourth-order valence-electron chi connectivity index (χ4n) is 3.20. The molecule has 1 aromatic carbocycles. The summed E-state index contributed by atoms with van der Waals surface area (Å²) in [5.74, 6) is 3.44. The number of hydrogen-bond acceptors (Lipinski definition) is 6. The van der Waals surface area contributed by atoms with Crippen LogP contribution in [0.4, 0.5) is 0 Å². The summed E-state index contributed by atoms with van der Waals surface area (Å²) in [5, 5.41) is 11.5. The highest BCUT2D eigenvalue weighted by atomic mass is 16.5. The van der Waals surface area contributed by atoms with E-state index < -0.39 is 0 Å². The summed E-state index contributed by atoms with van der Waals surface area (Å²) in [6, 6.07) is 10.0. The molecule has 7 nitrogen and oxygen atoms in total. The number of hydrogen-bond donors (Lipinski definition) is 1. The second-order valence-corrected chi connectivity index (χ2v) is 6.21. The van der Waals surface area contributed by atoms with Crippen LogP contribution in [0.5, 0.6) is 0 Å². The van der Waals surface area contributed by atoms with Crippen LogP contribution in [0.25, 0.3) is 11.4 Å². The molecule has 4 rings (SSSR count). The van der Waals surface area contributed by atoms with Crippen molar-refractivity contribution in [3.05, 3.63) is 47.9 Å². The predicted octanol–water partition coefficient (Wildman–Crippen LogP) is 2.54. The summed E-state index contributed by atoms with van der Waals surface area (Å²) >= 11 is 0. The third-order valence-corrected chi connectivity index (χ3v) is 4.36. The summed E-state index contributed by atoms with van der Waals surface area (Å²) < 4.78 is 5.05. The van der Waals surface area contributed by atoms with Gasteiger partial charge in [0, 0.05) is 24.9 Å². The van der Waals surface area contributed by atoms with Crippen LogP contribution in [0.3, 0.4) is 0 Å². The minimum absolute atomic E-state index is 0.358. The van der Waals surface area contributed by atoms with E-state index >= 15 is 0 Å². The van der Waals surface area contributed by atoms with Gasteiger partial charge in [-0.3, -0.25) is 10.00 Å². The second-order valence-electron chi connectivity index (χ2n) is 6.21. The third kappa shape index (κ3) is 3.21. The average molecular weight is 324 g/mol. The summed E-state index contributed by atoms with van der Waals surface area (Å²) in [6.07, 6.45) is 2.24. The molecule has 0 aliphatic carbocycles. The van der Waals surface area contributed by atoms with Crippen LogP contribution >= 0.6 is 0 Å². The van der Waals surface area contributed by atoms with Gasteiger partial charge in [-0.2, -0.15) is 10.1 Å². The quantitative estimate of drug-likeness (QED) is 0.794. The van der Waals surface area contributed by atoms with Crippen LogP contribution in [-0.4, -0.2) is 43.3 Å². The molecule has 24 heavy (non-hydrogen) atoms. The molecule has 3 heterocycles. The number of benzene rings is 1. The molecule has 1 atom stereocenters. The standard InChI is InChI=1S/C17H20N6O/c1-12-18-15(22-24-12)11-23-9-5-8-14(10-23)17-19-16(20-21-17)13-6-3-2-4-7-13/h2-4,6-7,14H,5,8-11H2,1H3,(H,19,20,21). The van der Waals surface area contributed by atoms with Crippen LogP contribution in [0.1, 0.15) is 36.3 Å². The van der Waals surface area contributed by atoms with Crippen molar-refractivity contribution in [2.24, 2.45) is 0 Å². The van der Waals surface area contributed by atoms with Crippen molar-refractivity contribution in [2.45, 2.75) is 32.2 Å². The van der Waals surface area contributed by atoms with Crippen molar-refractivity contribution in [2.75, 3.05) is 13.1 Å². The van der Waals surface area contributed by atoms with E-state index in [1.54, 1.807) is 0 Å². The van der Waals surface area contributed by atoms with E-state index in [9.17, 15) is 0 Å². The maximum Gasteiger partial charge on any atom is 0.223 e. The first-order valence-corrected chi connectivity index (χ1v) is 8.27. The van der Waals surface area contributed by atoms with Gasteiger partial charge in [-0.15, -0.1) is 0 Å². The average Bonchev–Trinajstić information content (AvgIpc) is 3.25. The van der Waals surface area contributed by atoms with Gasteiger partial charge in [-0.25, -0.2) is 4.98 Å². The molecule has 1 aliphatic rings. The molecule has 1 N–H and O–H groups in total. The lowest BCUT2D eigenvalue weighted by Gasteiger charge is -2.30. The Morgan fingerprint density at radius 1 is 1.25 bits per heavy atom. The lowest BCUT2D eigenvalue weighted by atomic mass is 9.97. The number of aromatic amines is 1. The molecule has 1 unspecified atom stereocenters. The fraction of sp³-hybridized carbons (Fsp3) is 0.412. The fourth-order valence-corrected chi connectivity index (χ4v) is 3.20. The van der Waals surface area contributed by atoms with Gasteiger partial charge in [0.05, 0.1) is 6.54 Å². The largest absolute Gasteiger partial charge is 0.340 e. The van der Waals surface area contributed by atoms with E-state index in [1.165, 1.54) is 0 Å². The molecule has 0 bridgehead atoms. The Hall–Kier alpha value is -2.54. The van der Waals surface area contributed by atoms with E-state index in [0.29, 0.717) is 18.4 Å². The maximum absolute atomic E-state index is 5.05. The van der Waals surface area contributed by atoms with E-state index in [0.717, 1.165) is 49.0 Å². The Kier molecular flexibility index (Phi) is 4.08. The summed E-state index contributed by atoms with van der Waals surface area (Å²) in [5.41, 5.74) is 1.04. The van der Waals surface area contributed by atoms with Gasteiger partial charge in [0.1, 0.15) is 5.82 Å². The van der Waals surface area contributed by atoms with Crippen molar-refractivity contribution in [3.8, 4) is 11.4 Å². The number of aryl methyl sites for hydroxylation is 1. The SMILES string of the molecule is Cc1nc(CN2CCCC(c3nc(-c4ccccc4)n[nH]3)C2)no1. The third-order valence-electron chi connectivity index (χ3n) is 4.36. The summed E-state index contributed by atoms with van der Waals surface area (Å²) in [7, 11) is 0. The number of aromatic nitrogens is 5. The number of piperidine rings is 1. The minimum atomic E-state index is 0.358. The highest BCUT2D eigenvalue weighted by Gasteiger charge is 2.25. The number of likely N-dealkylation sites (tertiary alicyclic amines) is 1. The van der Waals surface area contributed by atoms with Gasteiger partial charge in [0.15, 0.2) is 11.6 Å². The second kappa shape index (κ2) is 6.52. The zero-order valence-electron chi connectivity index (χ0n) is 13.6. The Balaban J connectivity index is 1.45. The van der Waals surface area contributed by atoms with Crippen LogP contribution < -0.4 is 0 Å². The van der Waals surface area contributed by atoms with Gasteiger partial charge < -0.3 is 4.52 Å². The number of nitrogens with zero attached hydrogens (tertiary/aromatic N) is 5. The van der Waals surface area contributed by atoms with Crippen LogP contribution in [0.2, 0.25) is 0 Å². The van der Waals surface area contributed by atoms with Gasteiger partial charge in [-0.1, -0.05) is 35.5 Å². The van der Waals surface area contributed by atoms with Gasteiger partial charge in [-0.05, 0) is 19.4 Å². The number of nitrogens with one attached hydrogen (secondary N) is 1. The number of H-pyrrole nitrogens is 1. The molecule has 0 saturated carbocycles. The predicted molar refractivity (Wildman–Crippen MR) is 88.1 cm³/mol. The molecular formula is C17H20N6O. The van der Waals surface area contributed by atoms with E-state index in [-0.39, 0.29) is 0 Å². The number of rotatable bonds is 4. The minimum Gasteiger partial charge on any atom is -0.340 e. The Morgan fingerprint density at radius 2 is 2.12 bits per heavy atom. The monoisotopic (exact) mass is 324 g/mol. The van der Waals surface area contributed by atoms with Crippen molar-refractivity contribution < 1.29 is 4.52 Å². The molecule has 0 radical (unpaired) electrons. The Morgan fingerprint density at radius 3 is 2.92 bits per heavy atom. The Labute approximate surface area is 140 Å². The smallest absolute Gasteiger partial charge is 0.223 e. The molecule has 7 heteroatoms. The van der Waals surface area contributed by atoms with Crippen molar-refractivity contribution in [3.63, 3.8) is 0 Å². The molecule has 1 fully saturated rings. The van der Waals surface area contributed by atoms with E-state index in [1.807, 2.05) is 37.3 Å². The molecular weight excluding hydrogens is 304 g/mol. The molecule has 0 spiro atoms. The molecule has 1 aliphatic heterocycles. The van der Waals surface area contributed by atoms with Crippen molar-refractivity contribution in [1.82, 2.24) is 30.2 Å². The highest BCUT2D eigenvalue weighted by Crippen LogP contribution is 2.26. The summed E-state index contributed by atoms with van der Waals surface area (Å²) in [6.45, 7) is 4.50. The van der Waals surface area contributed by atoms with Gasteiger partial charge in [0.2, 0.25) is 5.89 Å². The first-order valence-electron chi connectivity index (χ1n) is 8.27. The molecule has 3 aromatic rings. The molecule has 1 saturated heterocycles. The first kappa shape index (κ1) is 15.0. The topological polar surface area (TPSA) is 83.7 Å². The molecule has 2 aromatic heterocycles. The van der Waals surface area contributed by atoms with Crippen LogP contribution in [0.15, 0.2) is 34.9 Å². The lowest BCUT2D eigenvalue weighted by molar-refractivity contribution is 0.190. The molecule has 124 valence electrons. The van der Waals surface area contributed by atoms with Crippen molar-refractivity contribution in [1.29, 1.82) is 0 Å². The highest BCUT2D eigenvalue weighted by molar-refractivity contribution is 5.53. The summed E-state index contributed by atoms with van der Waals surface area (Å²) in [4.78, 5) is 11.3. The normalized spacial score (nSPS) is 18.8. The van der Waals surface area contributed by atoms with Crippen LogP contribution in [-0.2, 0) is 6.54 Å². The lowest BCUT2D eigenvalue weighted by Crippen LogP contribution is -2.34. The zero-order valence-corrected chi connectivity index (χ0v) is 13.6. The molecule has 0 amide bonds.